The molecule has 1 aliphatic rings. The van der Waals surface area contributed by atoms with E-state index < -0.39 is 0 Å². The van der Waals surface area contributed by atoms with E-state index in [2.05, 4.69) is 20.2 Å². The van der Waals surface area contributed by atoms with Crippen molar-refractivity contribution < 1.29 is 0 Å². The number of hydrogen-bond acceptors (Lipinski definition) is 4. The summed E-state index contributed by atoms with van der Waals surface area (Å²) in [7, 11) is 2.03. The lowest BCUT2D eigenvalue weighted by molar-refractivity contribution is 0.440. The van der Waals surface area contributed by atoms with Gasteiger partial charge in [-0.1, -0.05) is 0 Å². The second-order valence-electron chi connectivity index (χ2n) is 4.07. The third kappa shape index (κ3) is 2.45. The molecule has 1 aromatic rings. The predicted molar refractivity (Wildman–Crippen MR) is 61.1 cm³/mol. The monoisotopic (exact) mass is 206 g/mol. The van der Waals surface area contributed by atoms with Crippen LogP contribution in [0.1, 0.15) is 18.5 Å². The van der Waals surface area contributed by atoms with Crippen molar-refractivity contribution in [1.82, 2.24) is 15.3 Å². The van der Waals surface area contributed by atoms with Gasteiger partial charge in [-0.3, -0.25) is 4.98 Å². The van der Waals surface area contributed by atoms with E-state index in [-0.39, 0.29) is 0 Å². The van der Waals surface area contributed by atoms with E-state index in [1.54, 1.807) is 6.20 Å². The van der Waals surface area contributed by atoms with E-state index >= 15 is 0 Å². The average molecular weight is 206 g/mol. The highest BCUT2D eigenvalue weighted by molar-refractivity contribution is 5.36. The first-order valence-corrected chi connectivity index (χ1v) is 5.50. The quantitative estimate of drug-likeness (QED) is 0.783. The zero-order valence-corrected chi connectivity index (χ0v) is 9.40. The lowest BCUT2D eigenvalue weighted by atomic mass is 10.1. The molecule has 1 aromatic heterocycles. The Morgan fingerprint density at radius 3 is 2.67 bits per heavy atom. The molecule has 0 radical (unpaired) electrons. The first-order chi connectivity index (χ1) is 7.29. The van der Waals surface area contributed by atoms with E-state index in [1.807, 2.05) is 20.2 Å². The number of hydrogen-bond donors (Lipinski definition) is 1. The van der Waals surface area contributed by atoms with E-state index in [0.29, 0.717) is 6.04 Å². The van der Waals surface area contributed by atoms with Gasteiger partial charge in [0.15, 0.2) is 0 Å². The number of nitrogens with one attached hydrogen (secondary N) is 1. The Hall–Kier alpha value is -1.16. The Labute approximate surface area is 90.7 Å². The van der Waals surface area contributed by atoms with E-state index in [9.17, 15) is 0 Å². The molecule has 15 heavy (non-hydrogen) atoms. The highest BCUT2D eigenvalue weighted by Crippen LogP contribution is 2.16. The summed E-state index contributed by atoms with van der Waals surface area (Å²) in [5, 5.41) is 3.32. The van der Waals surface area contributed by atoms with Crippen LogP contribution >= 0.6 is 0 Å². The van der Waals surface area contributed by atoms with Crippen LogP contribution in [0, 0.1) is 6.92 Å². The number of anilines is 1. The van der Waals surface area contributed by atoms with E-state index in [1.165, 1.54) is 12.8 Å². The van der Waals surface area contributed by atoms with Crippen LogP contribution in [0.3, 0.4) is 0 Å². The van der Waals surface area contributed by atoms with Gasteiger partial charge in [0.05, 0.1) is 11.9 Å². The fourth-order valence-electron chi connectivity index (χ4n) is 2.00. The van der Waals surface area contributed by atoms with Gasteiger partial charge >= 0.3 is 0 Å². The summed E-state index contributed by atoms with van der Waals surface area (Å²) in [5.74, 6) is 1.02. The highest BCUT2D eigenvalue weighted by atomic mass is 15.2. The van der Waals surface area contributed by atoms with Gasteiger partial charge < -0.3 is 10.2 Å². The number of piperidine rings is 1. The molecule has 0 saturated carbocycles. The second kappa shape index (κ2) is 4.57. The molecule has 1 aliphatic heterocycles. The van der Waals surface area contributed by atoms with Gasteiger partial charge in [-0.15, -0.1) is 0 Å². The fourth-order valence-corrected chi connectivity index (χ4v) is 2.00. The topological polar surface area (TPSA) is 41.0 Å². The predicted octanol–water partition coefficient (Wildman–Crippen LogP) is 0.973. The third-order valence-electron chi connectivity index (χ3n) is 2.97. The summed E-state index contributed by atoms with van der Waals surface area (Å²) in [4.78, 5) is 11.0. The summed E-state index contributed by atoms with van der Waals surface area (Å²) in [5.41, 5.74) is 0.989. The van der Waals surface area contributed by atoms with Crippen molar-refractivity contribution in [3.8, 4) is 0 Å². The molecule has 0 spiro atoms. The normalized spacial score (nSPS) is 18.1. The molecular weight excluding hydrogens is 188 g/mol. The Kier molecular flexibility index (Phi) is 3.16. The van der Waals surface area contributed by atoms with Crippen molar-refractivity contribution in [2.75, 3.05) is 25.0 Å². The summed E-state index contributed by atoms with van der Waals surface area (Å²) >= 11 is 0. The minimum absolute atomic E-state index is 0.666. The van der Waals surface area contributed by atoms with Crippen molar-refractivity contribution in [2.45, 2.75) is 25.8 Å². The smallest absolute Gasteiger partial charge is 0.147 e. The van der Waals surface area contributed by atoms with Gasteiger partial charge in [-0.05, 0) is 26.8 Å². The fraction of sp³-hybridized carbons (Fsp3) is 0.636. The van der Waals surface area contributed by atoms with Crippen LogP contribution in [0.2, 0.25) is 0 Å². The molecule has 2 rings (SSSR count). The van der Waals surface area contributed by atoms with Gasteiger partial charge in [0, 0.05) is 25.3 Å². The number of aromatic nitrogens is 2. The molecule has 0 bridgehead atoms. The Morgan fingerprint density at radius 1 is 1.33 bits per heavy atom. The first-order valence-electron chi connectivity index (χ1n) is 5.50. The van der Waals surface area contributed by atoms with Crippen LogP contribution < -0.4 is 10.2 Å². The maximum Gasteiger partial charge on any atom is 0.147 e. The van der Waals surface area contributed by atoms with Gasteiger partial charge in [-0.2, -0.15) is 0 Å². The summed E-state index contributed by atoms with van der Waals surface area (Å²) in [6.07, 6.45) is 6.02. The Morgan fingerprint density at radius 2 is 2.07 bits per heavy atom. The summed E-state index contributed by atoms with van der Waals surface area (Å²) in [6.45, 7) is 4.13. The van der Waals surface area contributed by atoms with Gasteiger partial charge in [0.1, 0.15) is 5.82 Å². The standard InChI is InChI=1S/C11H18N4/c1-9-7-13-8-11(14-9)15-5-3-10(12-2)4-6-15/h7-8,10,12H,3-6H2,1-2H3. The van der Waals surface area contributed by atoms with E-state index in [0.717, 1.165) is 24.6 Å². The van der Waals surface area contributed by atoms with Crippen LogP contribution in [0.4, 0.5) is 5.82 Å². The molecule has 1 saturated heterocycles. The molecule has 82 valence electrons. The second-order valence-corrected chi connectivity index (χ2v) is 4.07. The van der Waals surface area contributed by atoms with Crippen LogP contribution in [0.25, 0.3) is 0 Å². The van der Waals surface area contributed by atoms with Gasteiger partial charge in [0.25, 0.3) is 0 Å². The zero-order valence-electron chi connectivity index (χ0n) is 9.40. The van der Waals surface area contributed by atoms with Crippen molar-refractivity contribution in [1.29, 1.82) is 0 Å². The molecule has 0 atom stereocenters. The molecule has 2 heterocycles. The van der Waals surface area contributed by atoms with Crippen molar-refractivity contribution in [2.24, 2.45) is 0 Å². The molecule has 1 fully saturated rings. The van der Waals surface area contributed by atoms with Crippen molar-refractivity contribution >= 4 is 5.82 Å². The van der Waals surface area contributed by atoms with Crippen LogP contribution in [0.15, 0.2) is 12.4 Å². The van der Waals surface area contributed by atoms with Gasteiger partial charge in [-0.25, -0.2) is 4.98 Å². The maximum atomic E-state index is 4.49. The van der Waals surface area contributed by atoms with Crippen molar-refractivity contribution in [3.05, 3.63) is 18.1 Å². The van der Waals surface area contributed by atoms with Gasteiger partial charge in [0.2, 0.25) is 0 Å². The van der Waals surface area contributed by atoms with Crippen LogP contribution in [-0.4, -0.2) is 36.1 Å². The molecule has 0 unspecified atom stereocenters. The summed E-state index contributed by atoms with van der Waals surface area (Å²) in [6, 6.07) is 0.666. The Bertz CT molecular complexity index is 318. The van der Waals surface area contributed by atoms with Crippen LogP contribution in [-0.2, 0) is 0 Å². The number of nitrogens with zero attached hydrogens (tertiary/aromatic N) is 3. The lowest BCUT2D eigenvalue weighted by Gasteiger charge is -2.32. The summed E-state index contributed by atoms with van der Waals surface area (Å²) < 4.78 is 0. The highest BCUT2D eigenvalue weighted by Gasteiger charge is 2.18. The number of aryl methyl sites for hydroxylation is 1. The SMILES string of the molecule is CNC1CCN(c2cncc(C)n2)CC1. The molecule has 4 nitrogen and oxygen atoms in total. The minimum Gasteiger partial charge on any atom is -0.355 e. The minimum atomic E-state index is 0.666. The van der Waals surface area contributed by atoms with E-state index in [4.69, 9.17) is 0 Å². The first kappa shape index (κ1) is 10.4. The zero-order chi connectivity index (χ0) is 10.7. The Balaban J connectivity index is 2.01. The number of rotatable bonds is 2. The molecule has 0 aromatic carbocycles. The largest absolute Gasteiger partial charge is 0.355 e. The van der Waals surface area contributed by atoms with Crippen molar-refractivity contribution in [3.63, 3.8) is 0 Å². The molecule has 1 N–H and O–H groups in total. The van der Waals surface area contributed by atoms with Crippen LogP contribution in [0.5, 0.6) is 0 Å². The molecular formula is C11H18N4. The third-order valence-corrected chi connectivity index (χ3v) is 2.97. The molecule has 4 heteroatoms. The average Bonchev–Trinajstić information content (AvgIpc) is 2.29. The maximum absolute atomic E-state index is 4.49. The molecule has 0 aliphatic carbocycles. The lowest BCUT2D eigenvalue weighted by Crippen LogP contribution is -2.41. The molecule has 0 amide bonds.